The van der Waals surface area contributed by atoms with Crippen LogP contribution < -0.4 is 11.1 Å². The highest BCUT2D eigenvalue weighted by Crippen LogP contribution is 2.32. The summed E-state index contributed by atoms with van der Waals surface area (Å²) in [6.45, 7) is 0.359. The Hall–Kier alpha value is -1.43. The molecule has 6 nitrogen and oxygen atoms in total. The van der Waals surface area contributed by atoms with Crippen LogP contribution in [0.15, 0.2) is 6.33 Å². The van der Waals surface area contributed by atoms with Gasteiger partial charge in [0, 0.05) is 0 Å². The number of nitrogens with two attached hydrogens (primary N) is 1. The van der Waals surface area contributed by atoms with Crippen molar-refractivity contribution in [1.29, 1.82) is 0 Å². The van der Waals surface area contributed by atoms with Gasteiger partial charge in [0.25, 0.3) is 0 Å². The summed E-state index contributed by atoms with van der Waals surface area (Å²) in [5, 5.41) is 9.00. The van der Waals surface area contributed by atoms with Gasteiger partial charge in [-0.3, -0.25) is 9.89 Å². The second kappa shape index (κ2) is 2.81. The van der Waals surface area contributed by atoms with Crippen molar-refractivity contribution in [3.8, 4) is 0 Å². The number of nitrogens with one attached hydrogen (secondary N) is 2. The van der Waals surface area contributed by atoms with Crippen molar-refractivity contribution in [3.63, 3.8) is 0 Å². The molecule has 0 aromatic carbocycles. The third-order valence-electron chi connectivity index (χ3n) is 2.12. The molecule has 1 aliphatic rings. The molecule has 1 amide bonds. The van der Waals surface area contributed by atoms with Crippen molar-refractivity contribution in [3.05, 3.63) is 12.2 Å². The Morgan fingerprint density at radius 3 is 3.08 bits per heavy atom. The summed E-state index contributed by atoms with van der Waals surface area (Å²) in [4.78, 5) is 15.2. The van der Waals surface area contributed by atoms with Crippen LogP contribution >= 0.6 is 0 Å². The monoisotopic (exact) mass is 181 g/mol. The molecule has 1 aliphatic carbocycles. The maximum atomic E-state index is 11.3. The number of nitrogens with zero attached hydrogens (tertiary/aromatic N) is 2. The molecule has 0 spiro atoms. The third-order valence-corrected chi connectivity index (χ3v) is 2.12. The standard InChI is InChI=1S/C7H11N5O/c8-7(1-2-7)6(13)9-3-5-10-4-11-12-5/h4H,1-3,8H2,(H,9,13)(H,10,11,12). The minimum absolute atomic E-state index is 0.107. The van der Waals surface area contributed by atoms with Crippen molar-refractivity contribution < 1.29 is 4.79 Å². The van der Waals surface area contributed by atoms with Crippen LogP contribution in [0.3, 0.4) is 0 Å². The summed E-state index contributed by atoms with van der Waals surface area (Å²) in [5.74, 6) is 0.529. The van der Waals surface area contributed by atoms with E-state index in [0.717, 1.165) is 12.8 Å². The summed E-state index contributed by atoms with van der Waals surface area (Å²) in [6, 6.07) is 0. The van der Waals surface area contributed by atoms with E-state index in [1.54, 1.807) is 0 Å². The molecule has 70 valence electrons. The molecule has 0 radical (unpaired) electrons. The number of carbonyl (C=O) groups is 1. The van der Waals surface area contributed by atoms with E-state index in [1.807, 2.05) is 0 Å². The number of hydrogen-bond donors (Lipinski definition) is 3. The first-order chi connectivity index (χ1) is 6.21. The molecule has 1 aromatic rings. The topological polar surface area (TPSA) is 96.7 Å². The van der Waals surface area contributed by atoms with E-state index < -0.39 is 5.54 Å². The number of aromatic nitrogens is 3. The summed E-state index contributed by atoms with van der Waals surface area (Å²) >= 11 is 0. The zero-order valence-corrected chi connectivity index (χ0v) is 7.08. The van der Waals surface area contributed by atoms with Gasteiger partial charge in [-0.25, -0.2) is 4.98 Å². The zero-order valence-electron chi connectivity index (χ0n) is 7.08. The normalized spacial score (nSPS) is 18.2. The molecule has 0 bridgehead atoms. The summed E-state index contributed by atoms with van der Waals surface area (Å²) in [5.41, 5.74) is 5.06. The van der Waals surface area contributed by atoms with Crippen LogP contribution in [-0.2, 0) is 11.3 Å². The van der Waals surface area contributed by atoms with Crippen molar-refractivity contribution in [1.82, 2.24) is 20.5 Å². The molecular weight excluding hydrogens is 170 g/mol. The molecule has 1 aromatic heterocycles. The van der Waals surface area contributed by atoms with Gasteiger partial charge >= 0.3 is 0 Å². The average molecular weight is 181 g/mol. The number of hydrogen-bond acceptors (Lipinski definition) is 4. The van der Waals surface area contributed by atoms with Crippen LogP contribution in [0.25, 0.3) is 0 Å². The first kappa shape index (κ1) is 8.18. The minimum Gasteiger partial charge on any atom is -0.347 e. The summed E-state index contributed by atoms with van der Waals surface area (Å²) < 4.78 is 0. The second-order valence-corrected chi connectivity index (χ2v) is 3.27. The number of aromatic amines is 1. The van der Waals surface area contributed by atoms with E-state index in [4.69, 9.17) is 5.73 Å². The second-order valence-electron chi connectivity index (χ2n) is 3.27. The maximum Gasteiger partial charge on any atom is 0.240 e. The Kier molecular flexibility index (Phi) is 1.77. The van der Waals surface area contributed by atoms with Crippen molar-refractivity contribution in [2.75, 3.05) is 0 Å². The molecule has 0 saturated heterocycles. The lowest BCUT2D eigenvalue weighted by Crippen LogP contribution is -2.42. The van der Waals surface area contributed by atoms with Gasteiger partial charge in [-0.05, 0) is 12.8 Å². The first-order valence-electron chi connectivity index (χ1n) is 4.12. The molecule has 1 heterocycles. The number of H-pyrrole nitrogens is 1. The fraction of sp³-hybridized carbons (Fsp3) is 0.571. The Balaban J connectivity index is 1.83. The van der Waals surface area contributed by atoms with Crippen LogP contribution in [0.1, 0.15) is 18.7 Å². The largest absolute Gasteiger partial charge is 0.347 e. The lowest BCUT2D eigenvalue weighted by molar-refractivity contribution is -0.123. The Morgan fingerprint density at radius 1 is 1.77 bits per heavy atom. The average Bonchev–Trinajstić information content (AvgIpc) is 2.70. The van der Waals surface area contributed by atoms with Gasteiger partial charge in [-0.1, -0.05) is 0 Å². The molecule has 6 heteroatoms. The van der Waals surface area contributed by atoms with E-state index >= 15 is 0 Å². The Labute approximate surface area is 74.9 Å². The molecule has 1 saturated carbocycles. The van der Waals surface area contributed by atoms with Gasteiger partial charge in [0.2, 0.25) is 5.91 Å². The van der Waals surface area contributed by atoms with Gasteiger partial charge in [0.05, 0.1) is 12.1 Å². The SMILES string of the molecule is NC1(C(=O)NCc2ncn[nH]2)CC1. The van der Waals surface area contributed by atoms with E-state index in [-0.39, 0.29) is 5.91 Å². The fourth-order valence-electron chi connectivity index (χ4n) is 1.02. The summed E-state index contributed by atoms with van der Waals surface area (Å²) in [7, 11) is 0. The van der Waals surface area contributed by atoms with Gasteiger partial charge in [0.1, 0.15) is 12.2 Å². The van der Waals surface area contributed by atoms with Crippen molar-refractivity contribution in [2.24, 2.45) is 5.73 Å². The highest BCUT2D eigenvalue weighted by Gasteiger charge is 2.45. The fourth-order valence-corrected chi connectivity index (χ4v) is 1.02. The highest BCUT2D eigenvalue weighted by molar-refractivity contribution is 5.88. The molecule has 2 rings (SSSR count). The smallest absolute Gasteiger partial charge is 0.240 e. The van der Waals surface area contributed by atoms with E-state index in [1.165, 1.54) is 6.33 Å². The number of rotatable bonds is 3. The maximum absolute atomic E-state index is 11.3. The molecule has 0 atom stereocenters. The van der Waals surface area contributed by atoms with Gasteiger partial charge in [0.15, 0.2) is 0 Å². The van der Waals surface area contributed by atoms with Crippen molar-refractivity contribution >= 4 is 5.91 Å². The Bertz CT molecular complexity index is 303. The van der Waals surface area contributed by atoms with Crippen molar-refractivity contribution in [2.45, 2.75) is 24.9 Å². The predicted octanol–water partition coefficient (Wildman–Crippen LogP) is -1.09. The number of amides is 1. The lowest BCUT2D eigenvalue weighted by atomic mass is 10.3. The van der Waals surface area contributed by atoms with Crippen LogP contribution in [0.5, 0.6) is 0 Å². The Morgan fingerprint density at radius 2 is 2.54 bits per heavy atom. The number of carbonyl (C=O) groups excluding carboxylic acids is 1. The van der Waals surface area contributed by atoms with Gasteiger partial charge < -0.3 is 11.1 Å². The minimum atomic E-state index is -0.611. The van der Waals surface area contributed by atoms with E-state index in [0.29, 0.717) is 12.4 Å². The quantitative estimate of drug-likeness (QED) is 0.552. The molecule has 1 fully saturated rings. The van der Waals surface area contributed by atoms with E-state index in [9.17, 15) is 4.79 Å². The molecule has 0 unspecified atom stereocenters. The molecule has 0 aliphatic heterocycles. The van der Waals surface area contributed by atoms with Gasteiger partial charge in [-0.15, -0.1) is 0 Å². The molecular formula is C7H11N5O. The molecule has 13 heavy (non-hydrogen) atoms. The molecule has 4 N–H and O–H groups in total. The van der Waals surface area contributed by atoms with Crippen LogP contribution in [-0.4, -0.2) is 26.6 Å². The lowest BCUT2D eigenvalue weighted by Gasteiger charge is -2.07. The van der Waals surface area contributed by atoms with E-state index in [2.05, 4.69) is 20.5 Å². The summed E-state index contributed by atoms with van der Waals surface area (Å²) in [6.07, 6.45) is 2.95. The third kappa shape index (κ3) is 1.67. The van der Waals surface area contributed by atoms with Crippen LogP contribution in [0.4, 0.5) is 0 Å². The first-order valence-corrected chi connectivity index (χ1v) is 4.12. The predicted molar refractivity (Wildman–Crippen MR) is 44.4 cm³/mol. The van der Waals surface area contributed by atoms with Crippen LogP contribution in [0, 0.1) is 0 Å². The van der Waals surface area contributed by atoms with Crippen LogP contribution in [0.2, 0.25) is 0 Å². The zero-order chi connectivity index (χ0) is 9.31. The van der Waals surface area contributed by atoms with Gasteiger partial charge in [-0.2, -0.15) is 5.10 Å². The highest BCUT2D eigenvalue weighted by atomic mass is 16.2.